The Kier molecular flexibility index (Phi) is 6.20. The van der Waals surface area contributed by atoms with E-state index in [1.54, 1.807) is 4.90 Å². The van der Waals surface area contributed by atoms with Crippen LogP contribution in [0.15, 0.2) is 59.0 Å². The number of nitro groups is 1. The monoisotopic (exact) mass is 436 g/mol. The summed E-state index contributed by atoms with van der Waals surface area (Å²) in [6, 6.07) is 15.5. The largest absolute Gasteiger partial charge is 0.455 e. The molecule has 0 saturated carbocycles. The number of amides is 1. The maximum atomic E-state index is 12.4. The number of nitrogens with zero attached hydrogens (tertiary/aromatic N) is 4. The van der Waals surface area contributed by atoms with Gasteiger partial charge in [0.05, 0.1) is 10.8 Å². The van der Waals surface area contributed by atoms with E-state index in [9.17, 15) is 19.7 Å². The number of benzene rings is 2. The maximum absolute atomic E-state index is 12.4. The minimum atomic E-state index is -0.532. The van der Waals surface area contributed by atoms with Crippen molar-refractivity contribution in [3.8, 4) is 11.5 Å². The molecule has 2 heterocycles. The minimum absolute atomic E-state index is 0.0497. The predicted molar refractivity (Wildman–Crippen MR) is 111 cm³/mol. The second kappa shape index (κ2) is 9.38. The highest BCUT2D eigenvalue weighted by Gasteiger charge is 2.35. The highest BCUT2D eigenvalue weighted by atomic mass is 16.6. The zero-order valence-electron chi connectivity index (χ0n) is 17.0. The lowest BCUT2D eigenvalue weighted by Crippen LogP contribution is -2.28. The third-order valence-corrected chi connectivity index (χ3v) is 5.19. The minimum Gasteiger partial charge on any atom is -0.455 e. The molecular formula is C22H20N4O6. The summed E-state index contributed by atoms with van der Waals surface area (Å²) < 4.78 is 10.7. The van der Waals surface area contributed by atoms with Crippen molar-refractivity contribution in [2.45, 2.75) is 19.4 Å². The van der Waals surface area contributed by atoms with Gasteiger partial charge in [0.1, 0.15) is 0 Å². The number of aromatic nitrogens is 2. The molecule has 0 N–H and O–H groups in total. The molecule has 1 atom stereocenters. The molecular weight excluding hydrogens is 416 g/mol. The average Bonchev–Trinajstić information content (AvgIpc) is 3.43. The zero-order valence-corrected chi connectivity index (χ0v) is 17.0. The molecule has 0 spiro atoms. The Labute approximate surface area is 183 Å². The number of ether oxygens (including phenoxy) is 1. The Morgan fingerprint density at radius 1 is 1.16 bits per heavy atom. The first kappa shape index (κ1) is 21.2. The number of carbonyl (C=O) groups excluding carboxylic acids is 2. The summed E-state index contributed by atoms with van der Waals surface area (Å²) in [5.74, 6) is -0.835. The van der Waals surface area contributed by atoms with Gasteiger partial charge in [0.15, 0.2) is 6.61 Å². The number of esters is 1. The number of rotatable bonds is 8. The van der Waals surface area contributed by atoms with Crippen LogP contribution in [0.5, 0.6) is 0 Å². The van der Waals surface area contributed by atoms with Gasteiger partial charge in [-0.15, -0.1) is 10.2 Å². The molecule has 1 saturated heterocycles. The number of hydrogen-bond acceptors (Lipinski definition) is 8. The highest BCUT2D eigenvalue weighted by Crippen LogP contribution is 2.23. The summed E-state index contributed by atoms with van der Waals surface area (Å²) in [6.07, 6.45) is 0.841. The molecule has 0 aliphatic carbocycles. The van der Waals surface area contributed by atoms with Crippen LogP contribution >= 0.6 is 0 Å². The lowest BCUT2D eigenvalue weighted by molar-refractivity contribution is -0.384. The Hall–Kier alpha value is -4.08. The fourth-order valence-electron chi connectivity index (χ4n) is 3.46. The van der Waals surface area contributed by atoms with E-state index >= 15 is 0 Å². The van der Waals surface area contributed by atoms with Gasteiger partial charge in [-0.3, -0.25) is 19.7 Å². The van der Waals surface area contributed by atoms with E-state index in [1.165, 1.54) is 24.3 Å². The third-order valence-electron chi connectivity index (χ3n) is 5.19. The normalized spacial score (nSPS) is 15.7. The Morgan fingerprint density at radius 2 is 1.91 bits per heavy atom. The zero-order chi connectivity index (χ0) is 22.5. The summed E-state index contributed by atoms with van der Waals surface area (Å²) in [5.41, 5.74) is 1.59. The van der Waals surface area contributed by atoms with E-state index in [4.69, 9.17) is 9.15 Å². The van der Waals surface area contributed by atoms with Crippen LogP contribution in [0.25, 0.3) is 11.5 Å². The van der Waals surface area contributed by atoms with Crippen molar-refractivity contribution in [1.82, 2.24) is 15.1 Å². The molecule has 1 fully saturated rings. The van der Waals surface area contributed by atoms with Gasteiger partial charge >= 0.3 is 5.97 Å². The number of nitro benzene ring substituents is 1. The summed E-state index contributed by atoms with van der Waals surface area (Å²) in [6.45, 7) is 0.658. The van der Waals surface area contributed by atoms with E-state index < -0.39 is 16.8 Å². The molecule has 32 heavy (non-hydrogen) atoms. The van der Waals surface area contributed by atoms with E-state index in [-0.39, 0.29) is 36.4 Å². The molecule has 10 nitrogen and oxygen atoms in total. The van der Waals surface area contributed by atoms with Gasteiger partial charge in [0.25, 0.3) is 11.6 Å². The molecule has 164 valence electrons. The first-order valence-corrected chi connectivity index (χ1v) is 10.0. The van der Waals surface area contributed by atoms with Crippen molar-refractivity contribution >= 4 is 17.6 Å². The molecule has 1 aromatic heterocycles. The molecule has 2 aromatic carbocycles. The number of non-ortho nitro benzene ring substituents is 1. The quantitative estimate of drug-likeness (QED) is 0.299. The number of hydrogen-bond donors (Lipinski definition) is 0. The molecule has 10 heteroatoms. The standard InChI is InChI=1S/C22H20N4O6/c27-20-12-17(13-25(20)11-10-15-4-2-1-3-5-15)22(28)31-14-19-23-24-21(32-19)16-6-8-18(9-7-16)26(29)30/h1-9,17H,10-14H2/t17-/m1/s1. The maximum Gasteiger partial charge on any atom is 0.311 e. The molecule has 1 aliphatic rings. The molecule has 0 bridgehead atoms. The third kappa shape index (κ3) is 4.97. The lowest BCUT2D eigenvalue weighted by Gasteiger charge is -2.16. The molecule has 4 rings (SSSR count). The number of likely N-dealkylation sites (tertiary alicyclic amines) is 1. The van der Waals surface area contributed by atoms with E-state index in [0.717, 1.165) is 12.0 Å². The smallest absolute Gasteiger partial charge is 0.311 e. The van der Waals surface area contributed by atoms with Crippen LogP contribution in [0.4, 0.5) is 5.69 Å². The fraction of sp³-hybridized carbons (Fsp3) is 0.273. The second-order valence-corrected chi connectivity index (χ2v) is 7.39. The van der Waals surface area contributed by atoms with Crippen molar-refractivity contribution in [3.63, 3.8) is 0 Å². The molecule has 0 unspecified atom stereocenters. The summed E-state index contributed by atoms with van der Waals surface area (Å²) >= 11 is 0. The highest BCUT2D eigenvalue weighted by molar-refractivity contribution is 5.86. The van der Waals surface area contributed by atoms with Gasteiger partial charge < -0.3 is 14.1 Å². The van der Waals surface area contributed by atoms with Crippen LogP contribution in [-0.2, 0) is 27.4 Å². The van der Waals surface area contributed by atoms with Crippen LogP contribution in [0, 0.1) is 16.0 Å². The van der Waals surface area contributed by atoms with Gasteiger partial charge in [-0.2, -0.15) is 0 Å². The van der Waals surface area contributed by atoms with Crippen LogP contribution < -0.4 is 0 Å². The predicted octanol–water partition coefficient (Wildman–Crippen LogP) is 2.78. The van der Waals surface area contributed by atoms with Gasteiger partial charge in [0.2, 0.25) is 11.8 Å². The van der Waals surface area contributed by atoms with Crippen molar-refractivity contribution in [2.75, 3.05) is 13.1 Å². The van der Waals surface area contributed by atoms with Crippen LogP contribution in [0.1, 0.15) is 17.9 Å². The van der Waals surface area contributed by atoms with Crippen molar-refractivity contribution in [2.24, 2.45) is 5.92 Å². The van der Waals surface area contributed by atoms with Gasteiger partial charge in [-0.05, 0) is 24.1 Å². The summed E-state index contributed by atoms with van der Waals surface area (Å²) in [7, 11) is 0. The Morgan fingerprint density at radius 3 is 2.62 bits per heavy atom. The second-order valence-electron chi connectivity index (χ2n) is 7.39. The molecule has 3 aromatic rings. The molecule has 1 aliphatic heterocycles. The first-order valence-electron chi connectivity index (χ1n) is 10.0. The fourth-order valence-corrected chi connectivity index (χ4v) is 3.46. The van der Waals surface area contributed by atoms with Crippen LogP contribution in [-0.4, -0.2) is 45.0 Å². The van der Waals surface area contributed by atoms with Crippen molar-refractivity contribution in [3.05, 3.63) is 76.2 Å². The SMILES string of the molecule is O=C(OCc1nnc(-c2ccc([N+](=O)[O-])cc2)o1)[C@@H]1CC(=O)N(CCc2ccccc2)C1. The Balaban J connectivity index is 1.27. The van der Waals surface area contributed by atoms with Crippen molar-refractivity contribution < 1.29 is 23.7 Å². The topological polar surface area (TPSA) is 129 Å². The van der Waals surface area contributed by atoms with Crippen LogP contribution in [0.3, 0.4) is 0 Å². The Bertz CT molecular complexity index is 1110. The number of carbonyl (C=O) groups is 2. The van der Waals surface area contributed by atoms with E-state index in [1.807, 2.05) is 30.3 Å². The first-order chi connectivity index (χ1) is 15.5. The summed E-state index contributed by atoms with van der Waals surface area (Å²) in [5, 5.41) is 18.4. The van der Waals surface area contributed by atoms with Gasteiger partial charge in [-0.1, -0.05) is 30.3 Å². The summed E-state index contributed by atoms with van der Waals surface area (Å²) in [4.78, 5) is 36.6. The molecule has 0 radical (unpaired) electrons. The van der Waals surface area contributed by atoms with Crippen molar-refractivity contribution in [1.29, 1.82) is 0 Å². The van der Waals surface area contributed by atoms with Gasteiger partial charge in [0, 0.05) is 37.2 Å². The molecule has 1 amide bonds. The van der Waals surface area contributed by atoms with Gasteiger partial charge in [-0.25, -0.2) is 0 Å². The van der Waals surface area contributed by atoms with E-state index in [0.29, 0.717) is 18.7 Å². The lowest BCUT2D eigenvalue weighted by atomic mass is 10.1. The van der Waals surface area contributed by atoms with E-state index in [2.05, 4.69) is 10.2 Å². The van der Waals surface area contributed by atoms with Crippen LogP contribution in [0.2, 0.25) is 0 Å². The average molecular weight is 436 g/mol.